The van der Waals surface area contributed by atoms with Crippen LogP contribution in [0.25, 0.3) is 0 Å². The molecule has 1 N–H and O–H groups in total. The van der Waals surface area contributed by atoms with E-state index in [0.29, 0.717) is 4.47 Å². The van der Waals surface area contributed by atoms with Crippen molar-refractivity contribution in [3.8, 4) is 5.75 Å². The Kier molecular flexibility index (Phi) is 5.28. The van der Waals surface area contributed by atoms with Gasteiger partial charge in [0.1, 0.15) is 5.82 Å². The molecule has 2 aromatic rings. The van der Waals surface area contributed by atoms with Gasteiger partial charge in [-0.1, -0.05) is 15.9 Å². The maximum atomic E-state index is 13.7. The van der Waals surface area contributed by atoms with Gasteiger partial charge in [0.05, 0.1) is 17.2 Å². The van der Waals surface area contributed by atoms with E-state index in [9.17, 15) is 19.3 Å². The molecule has 2 rings (SSSR count). The number of halogens is 2. The van der Waals surface area contributed by atoms with Gasteiger partial charge in [0.25, 0.3) is 5.91 Å². The molecule has 2 aromatic carbocycles. The summed E-state index contributed by atoms with van der Waals surface area (Å²) in [6, 6.07) is 7.98. The minimum atomic E-state index is -0.655. The lowest BCUT2D eigenvalue weighted by Crippen LogP contribution is -2.13. The van der Waals surface area contributed by atoms with Gasteiger partial charge in [-0.3, -0.25) is 14.9 Å². The molecule has 0 unspecified atom stereocenters. The van der Waals surface area contributed by atoms with Crippen molar-refractivity contribution in [1.29, 1.82) is 0 Å². The van der Waals surface area contributed by atoms with Crippen molar-refractivity contribution in [3.05, 3.63) is 62.4 Å². The van der Waals surface area contributed by atoms with Gasteiger partial charge in [-0.25, -0.2) is 4.39 Å². The summed E-state index contributed by atoms with van der Waals surface area (Å²) in [6.07, 6.45) is 0. The van der Waals surface area contributed by atoms with Gasteiger partial charge in [0.2, 0.25) is 0 Å². The van der Waals surface area contributed by atoms with Gasteiger partial charge in [-0.05, 0) is 37.3 Å². The SMILES string of the molecule is CCOc1ccc(C(=O)Nc2ccc(Br)cc2F)cc1[N+](=O)[O-]. The van der Waals surface area contributed by atoms with Crippen molar-refractivity contribution < 1.29 is 18.8 Å². The number of nitro groups is 1. The number of anilines is 1. The van der Waals surface area contributed by atoms with Gasteiger partial charge in [0.15, 0.2) is 5.75 Å². The summed E-state index contributed by atoms with van der Waals surface area (Å²) in [5.74, 6) is -1.20. The summed E-state index contributed by atoms with van der Waals surface area (Å²) in [7, 11) is 0. The van der Waals surface area contributed by atoms with E-state index in [-0.39, 0.29) is 29.3 Å². The van der Waals surface area contributed by atoms with Crippen molar-refractivity contribution in [2.75, 3.05) is 11.9 Å². The van der Waals surface area contributed by atoms with E-state index in [1.807, 2.05) is 0 Å². The fourth-order valence-corrected chi connectivity index (χ4v) is 2.20. The summed E-state index contributed by atoms with van der Waals surface area (Å²) < 4.78 is 19.4. The fraction of sp³-hybridized carbons (Fsp3) is 0.133. The zero-order valence-electron chi connectivity index (χ0n) is 12.0. The Morgan fingerprint density at radius 3 is 2.70 bits per heavy atom. The van der Waals surface area contributed by atoms with Crippen LogP contribution in [0.4, 0.5) is 15.8 Å². The number of amides is 1. The second-order valence-electron chi connectivity index (χ2n) is 4.45. The standard InChI is InChI=1S/C15H12BrFN2O4/c1-2-23-14-6-3-9(7-13(14)19(21)22)15(20)18-12-5-4-10(16)8-11(12)17/h3-8H,2H2,1H3,(H,18,20). The molecule has 0 radical (unpaired) electrons. The second-order valence-corrected chi connectivity index (χ2v) is 5.37. The topological polar surface area (TPSA) is 81.5 Å². The first-order valence-corrected chi connectivity index (χ1v) is 7.39. The molecule has 1 amide bonds. The molecule has 0 atom stereocenters. The van der Waals surface area contributed by atoms with Crippen LogP contribution >= 0.6 is 15.9 Å². The second kappa shape index (κ2) is 7.19. The van der Waals surface area contributed by atoms with Crippen molar-refractivity contribution in [2.24, 2.45) is 0 Å². The average molecular weight is 383 g/mol. The minimum absolute atomic E-state index is 0.0188. The molecular formula is C15H12BrFN2O4. The highest BCUT2D eigenvalue weighted by Crippen LogP contribution is 2.28. The van der Waals surface area contributed by atoms with E-state index in [0.717, 1.165) is 6.07 Å². The maximum absolute atomic E-state index is 13.7. The number of benzene rings is 2. The highest BCUT2D eigenvalue weighted by atomic mass is 79.9. The van der Waals surface area contributed by atoms with Crippen LogP contribution in [-0.2, 0) is 0 Å². The van der Waals surface area contributed by atoms with E-state index >= 15 is 0 Å². The largest absolute Gasteiger partial charge is 0.487 e. The number of rotatable bonds is 5. The van der Waals surface area contributed by atoms with Crippen LogP contribution in [0.2, 0.25) is 0 Å². The van der Waals surface area contributed by atoms with Gasteiger partial charge in [-0.2, -0.15) is 0 Å². The summed E-state index contributed by atoms with van der Waals surface area (Å²) in [4.78, 5) is 22.6. The predicted molar refractivity (Wildman–Crippen MR) is 86.3 cm³/mol. The van der Waals surface area contributed by atoms with Gasteiger partial charge in [-0.15, -0.1) is 0 Å². The third-order valence-electron chi connectivity index (χ3n) is 2.90. The lowest BCUT2D eigenvalue weighted by atomic mass is 10.1. The molecule has 0 bridgehead atoms. The minimum Gasteiger partial charge on any atom is -0.487 e. The lowest BCUT2D eigenvalue weighted by molar-refractivity contribution is -0.385. The summed E-state index contributed by atoms with van der Waals surface area (Å²) >= 11 is 3.11. The fourth-order valence-electron chi connectivity index (χ4n) is 1.86. The van der Waals surface area contributed by atoms with Crippen molar-refractivity contribution in [3.63, 3.8) is 0 Å². The molecule has 0 aliphatic heterocycles. The molecule has 23 heavy (non-hydrogen) atoms. The molecule has 8 heteroatoms. The van der Waals surface area contributed by atoms with E-state index < -0.39 is 16.6 Å². The maximum Gasteiger partial charge on any atom is 0.311 e. The smallest absolute Gasteiger partial charge is 0.311 e. The molecule has 0 saturated heterocycles. The first kappa shape index (κ1) is 16.9. The van der Waals surface area contributed by atoms with Crippen LogP contribution in [0.15, 0.2) is 40.9 Å². The van der Waals surface area contributed by atoms with Crippen molar-refractivity contribution in [2.45, 2.75) is 6.92 Å². The van der Waals surface area contributed by atoms with Crippen molar-refractivity contribution in [1.82, 2.24) is 0 Å². The molecule has 0 spiro atoms. The molecule has 0 heterocycles. The highest BCUT2D eigenvalue weighted by Gasteiger charge is 2.19. The van der Waals surface area contributed by atoms with E-state index in [1.165, 1.54) is 24.3 Å². The first-order chi connectivity index (χ1) is 10.9. The average Bonchev–Trinajstić information content (AvgIpc) is 2.50. The van der Waals surface area contributed by atoms with Crippen LogP contribution in [0.1, 0.15) is 17.3 Å². The normalized spacial score (nSPS) is 10.2. The molecule has 0 aromatic heterocycles. The zero-order valence-corrected chi connectivity index (χ0v) is 13.6. The number of nitrogens with one attached hydrogen (secondary N) is 1. The third kappa shape index (κ3) is 4.04. The zero-order chi connectivity index (χ0) is 17.0. The number of ether oxygens (including phenoxy) is 1. The van der Waals surface area contributed by atoms with Crippen LogP contribution in [0.3, 0.4) is 0 Å². The van der Waals surface area contributed by atoms with Crippen LogP contribution < -0.4 is 10.1 Å². The molecule has 120 valence electrons. The summed E-state index contributed by atoms with van der Waals surface area (Å²) in [5, 5.41) is 13.4. The Hall–Kier alpha value is -2.48. The Labute approximate surface area is 139 Å². The first-order valence-electron chi connectivity index (χ1n) is 6.60. The lowest BCUT2D eigenvalue weighted by Gasteiger charge is -2.08. The van der Waals surface area contributed by atoms with E-state index in [4.69, 9.17) is 4.74 Å². The molecule has 0 aliphatic carbocycles. The monoisotopic (exact) mass is 382 g/mol. The van der Waals surface area contributed by atoms with Crippen LogP contribution in [-0.4, -0.2) is 17.4 Å². The van der Waals surface area contributed by atoms with Gasteiger partial charge < -0.3 is 10.1 Å². The van der Waals surface area contributed by atoms with E-state index in [1.54, 1.807) is 13.0 Å². The Morgan fingerprint density at radius 2 is 2.09 bits per heavy atom. The Morgan fingerprint density at radius 1 is 1.35 bits per heavy atom. The van der Waals surface area contributed by atoms with Crippen LogP contribution in [0.5, 0.6) is 5.75 Å². The molecule has 0 saturated carbocycles. The number of hydrogen-bond donors (Lipinski definition) is 1. The van der Waals surface area contributed by atoms with Gasteiger partial charge in [0, 0.05) is 16.1 Å². The van der Waals surface area contributed by atoms with Gasteiger partial charge >= 0.3 is 5.69 Å². The molecule has 0 aliphatic rings. The molecular weight excluding hydrogens is 371 g/mol. The highest BCUT2D eigenvalue weighted by molar-refractivity contribution is 9.10. The van der Waals surface area contributed by atoms with E-state index in [2.05, 4.69) is 21.2 Å². The number of hydrogen-bond acceptors (Lipinski definition) is 4. The molecule has 0 fully saturated rings. The number of nitrogens with zero attached hydrogens (tertiary/aromatic N) is 1. The quantitative estimate of drug-likeness (QED) is 0.621. The van der Waals surface area contributed by atoms with Crippen LogP contribution in [0, 0.1) is 15.9 Å². The molecule has 6 nitrogen and oxygen atoms in total. The predicted octanol–water partition coefficient (Wildman–Crippen LogP) is 4.15. The third-order valence-corrected chi connectivity index (χ3v) is 3.39. The number of nitro benzene ring substituents is 1. The van der Waals surface area contributed by atoms with Crippen molar-refractivity contribution >= 4 is 33.2 Å². The number of carbonyl (C=O) groups excluding carboxylic acids is 1. The summed E-state index contributed by atoms with van der Waals surface area (Å²) in [5.41, 5.74) is -0.312. The summed E-state index contributed by atoms with van der Waals surface area (Å²) in [6.45, 7) is 1.96. The number of carbonyl (C=O) groups is 1. The Balaban J connectivity index is 2.28. The Bertz CT molecular complexity index is 767.